The Bertz CT molecular complexity index is 243. The summed E-state index contributed by atoms with van der Waals surface area (Å²) in [5.74, 6) is 2.69. The monoisotopic (exact) mass is 242 g/mol. The van der Waals surface area contributed by atoms with Gasteiger partial charge in [-0.15, -0.1) is 0 Å². The number of carbonyl (C=O) groups excluding carboxylic acids is 1. The molecule has 1 unspecified atom stereocenters. The average Bonchev–Trinajstić information content (AvgIpc) is 2.57. The fourth-order valence-corrected chi connectivity index (χ4v) is 3.46. The van der Waals surface area contributed by atoms with Crippen molar-refractivity contribution in [3.8, 4) is 0 Å². The van der Waals surface area contributed by atoms with Gasteiger partial charge in [-0.05, 0) is 38.5 Å². The predicted molar refractivity (Wildman–Crippen MR) is 68.7 cm³/mol. The van der Waals surface area contributed by atoms with E-state index in [1.807, 2.05) is 11.8 Å². The Morgan fingerprint density at radius 1 is 1.31 bits per heavy atom. The van der Waals surface area contributed by atoms with E-state index in [1.165, 1.54) is 5.75 Å². The van der Waals surface area contributed by atoms with Crippen molar-refractivity contribution in [1.29, 1.82) is 0 Å². The number of nitrogens with one attached hydrogen (secondary N) is 1. The van der Waals surface area contributed by atoms with E-state index in [2.05, 4.69) is 17.1 Å². The maximum atomic E-state index is 12.5. The molecule has 1 atom stereocenters. The Morgan fingerprint density at radius 3 is 2.94 bits per heavy atom. The summed E-state index contributed by atoms with van der Waals surface area (Å²) in [6.45, 7) is 5.95. The van der Waals surface area contributed by atoms with Crippen LogP contribution in [0.5, 0.6) is 0 Å². The van der Waals surface area contributed by atoms with Gasteiger partial charge in [0.25, 0.3) is 0 Å². The van der Waals surface area contributed by atoms with Crippen molar-refractivity contribution in [2.75, 3.05) is 37.7 Å². The van der Waals surface area contributed by atoms with Crippen LogP contribution >= 0.6 is 11.8 Å². The molecule has 16 heavy (non-hydrogen) atoms. The first kappa shape index (κ1) is 12.2. The molecule has 3 nitrogen and oxygen atoms in total. The van der Waals surface area contributed by atoms with Gasteiger partial charge in [0.05, 0.1) is 5.41 Å². The lowest BCUT2D eigenvalue weighted by Gasteiger charge is -2.37. The molecule has 1 N–H and O–H groups in total. The van der Waals surface area contributed by atoms with E-state index < -0.39 is 0 Å². The van der Waals surface area contributed by atoms with Gasteiger partial charge in [-0.1, -0.05) is 0 Å². The summed E-state index contributed by atoms with van der Waals surface area (Å²) in [6.07, 6.45) is 3.33. The fraction of sp³-hybridized carbons (Fsp3) is 0.917. The van der Waals surface area contributed by atoms with Crippen molar-refractivity contribution >= 4 is 17.7 Å². The zero-order valence-electron chi connectivity index (χ0n) is 10.1. The van der Waals surface area contributed by atoms with Gasteiger partial charge in [-0.3, -0.25) is 4.79 Å². The topological polar surface area (TPSA) is 32.3 Å². The third-order valence-electron chi connectivity index (χ3n) is 3.62. The van der Waals surface area contributed by atoms with E-state index >= 15 is 0 Å². The second-order valence-corrected chi connectivity index (χ2v) is 6.32. The van der Waals surface area contributed by atoms with Crippen LogP contribution in [0.15, 0.2) is 0 Å². The third-order valence-corrected chi connectivity index (χ3v) is 4.67. The minimum atomic E-state index is -0.146. The van der Waals surface area contributed by atoms with E-state index in [-0.39, 0.29) is 5.41 Å². The molecule has 92 valence electrons. The van der Waals surface area contributed by atoms with Gasteiger partial charge in [-0.2, -0.15) is 11.8 Å². The van der Waals surface area contributed by atoms with Crippen LogP contribution < -0.4 is 5.32 Å². The first-order chi connectivity index (χ1) is 7.72. The molecule has 2 rings (SSSR count). The fourth-order valence-electron chi connectivity index (χ4n) is 2.57. The van der Waals surface area contributed by atoms with E-state index in [0.717, 1.165) is 51.2 Å². The smallest absolute Gasteiger partial charge is 0.229 e. The lowest BCUT2D eigenvalue weighted by molar-refractivity contribution is -0.141. The van der Waals surface area contributed by atoms with Gasteiger partial charge in [0.1, 0.15) is 0 Å². The number of amides is 1. The van der Waals surface area contributed by atoms with E-state index in [4.69, 9.17) is 0 Å². The van der Waals surface area contributed by atoms with Crippen LogP contribution in [0.3, 0.4) is 0 Å². The summed E-state index contributed by atoms with van der Waals surface area (Å²) in [6, 6.07) is 0. The van der Waals surface area contributed by atoms with Crippen molar-refractivity contribution < 1.29 is 4.79 Å². The molecule has 2 heterocycles. The zero-order valence-corrected chi connectivity index (χ0v) is 10.9. The molecule has 0 saturated carbocycles. The average molecular weight is 242 g/mol. The molecule has 0 bridgehead atoms. The quantitative estimate of drug-likeness (QED) is 0.753. The van der Waals surface area contributed by atoms with Gasteiger partial charge in [0, 0.05) is 25.4 Å². The Labute approximate surface area is 102 Å². The first-order valence-corrected chi connectivity index (χ1v) is 7.46. The lowest BCUT2D eigenvalue weighted by Crippen LogP contribution is -2.50. The number of hydrogen-bond acceptors (Lipinski definition) is 3. The highest BCUT2D eigenvalue weighted by Crippen LogP contribution is 2.28. The second kappa shape index (κ2) is 5.41. The van der Waals surface area contributed by atoms with Crippen LogP contribution in [0.4, 0.5) is 0 Å². The molecule has 0 radical (unpaired) electrons. The predicted octanol–water partition coefficient (Wildman–Crippen LogP) is 1.34. The van der Waals surface area contributed by atoms with Crippen molar-refractivity contribution in [1.82, 2.24) is 10.2 Å². The molecule has 0 spiro atoms. The number of piperidine rings is 1. The van der Waals surface area contributed by atoms with Crippen LogP contribution in [0, 0.1) is 5.41 Å². The summed E-state index contributed by atoms with van der Waals surface area (Å²) >= 11 is 1.97. The number of nitrogens with zero attached hydrogens (tertiary/aromatic N) is 1. The highest BCUT2D eigenvalue weighted by molar-refractivity contribution is 7.99. The summed E-state index contributed by atoms with van der Waals surface area (Å²) in [7, 11) is 0. The summed E-state index contributed by atoms with van der Waals surface area (Å²) in [5, 5.41) is 3.36. The molecule has 4 heteroatoms. The van der Waals surface area contributed by atoms with E-state index in [1.54, 1.807) is 0 Å². The first-order valence-electron chi connectivity index (χ1n) is 6.30. The number of thioether (sulfide) groups is 1. The van der Waals surface area contributed by atoms with Crippen LogP contribution in [0.2, 0.25) is 0 Å². The molecule has 0 aromatic rings. The van der Waals surface area contributed by atoms with Crippen LogP contribution in [-0.2, 0) is 4.79 Å². The van der Waals surface area contributed by atoms with Crippen molar-refractivity contribution in [2.45, 2.75) is 26.2 Å². The largest absolute Gasteiger partial charge is 0.341 e. The lowest BCUT2D eigenvalue weighted by atomic mass is 9.81. The molecular formula is C12H22N2OS. The molecule has 2 saturated heterocycles. The maximum absolute atomic E-state index is 12.5. The molecule has 2 fully saturated rings. The number of carbonyl (C=O) groups is 1. The summed E-state index contributed by atoms with van der Waals surface area (Å²) in [4.78, 5) is 14.6. The molecular weight excluding hydrogens is 220 g/mol. The molecule has 0 aromatic heterocycles. The van der Waals surface area contributed by atoms with Gasteiger partial charge in [0.15, 0.2) is 0 Å². The standard InChI is InChI=1S/C12H22N2OS/c1-12(4-2-5-13-10-12)11(15)14-6-3-8-16-9-7-14/h13H,2-10H2,1H3. The zero-order chi connectivity index (χ0) is 11.4. The van der Waals surface area contributed by atoms with Gasteiger partial charge < -0.3 is 10.2 Å². The Balaban J connectivity index is 1.98. The summed E-state index contributed by atoms with van der Waals surface area (Å²) < 4.78 is 0. The number of rotatable bonds is 1. The molecule has 2 aliphatic rings. The van der Waals surface area contributed by atoms with Gasteiger partial charge >= 0.3 is 0 Å². The van der Waals surface area contributed by atoms with Crippen LogP contribution in [0.25, 0.3) is 0 Å². The third kappa shape index (κ3) is 2.72. The van der Waals surface area contributed by atoms with Crippen molar-refractivity contribution in [3.63, 3.8) is 0 Å². The van der Waals surface area contributed by atoms with E-state index in [0.29, 0.717) is 5.91 Å². The molecule has 1 amide bonds. The van der Waals surface area contributed by atoms with Gasteiger partial charge in [-0.25, -0.2) is 0 Å². The Morgan fingerprint density at radius 2 is 2.19 bits per heavy atom. The SMILES string of the molecule is CC1(C(=O)N2CCCSCC2)CCCNC1. The summed E-state index contributed by atoms with van der Waals surface area (Å²) in [5.41, 5.74) is -0.146. The highest BCUT2D eigenvalue weighted by Gasteiger charge is 2.37. The second-order valence-electron chi connectivity index (χ2n) is 5.10. The normalized spacial score (nSPS) is 32.2. The number of hydrogen-bond donors (Lipinski definition) is 1. The Kier molecular flexibility index (Phi) is 4.14. The minimum Gasteiger partial charge on any atom is -0.341 e. The van der Waals surface area contributed by atoms with Crippen molar-refractivity contribution in [3.05, 3.63) is 0 Å². The van der Waals surface area contributed by atoms with Crippen LogP contribution in [0.1, 0.15) is 26.2 Å². The molecule has 0 aliphatic carbocycles. The van der Waals surface area contributed by atoms with Crippen molar-refractivity contribution in [2.24, 2.45) is 5.41 Å². The molecule has 2 aliphatic heterocycles. The van der Waals surface area contributed by atoms with E-state index in [9.17, 15) is 4.79 Å². The van der Waals surface area contributed by atoms with Crippen LogP contribution in [-0.4, -0.2) is 48.5 Å². The molecule has 0 aromatic carbocycles. The van der Waals surface area contributed by atoms with Gasteiger partial charge in [0.2, 0.25) is 5.91 Å². The Hall–Kier alpha value is -0.220. The minimum absolute atomic E-state index is 0.146. The maximum Gasteiger partial charge on any atom is 0.229 e. The highest BCUT2D eigenvalue weighted by atomic mass is 32.2.